The van der Waals surface area contributed by atoms with E-state index in [2.05, 4.69) is 11.1 Å². The molecule has 180 valence electrons. The first-order valence-electron chi connectivity index (χ1n) is 11.9. The minimum atomic E-state index is -0.377. The molecule has 8 heteroatoms. The van der Waals surface area contributed by atoms with Crippen LogP contribution in [0.3, 0.4) is 0 Å². The Labute approximate surface area is 203 Å². The van der Waals surface area contributed by atoms with E-state index in [1.54, 1.807) is 23.2 Å². The van der Waals surface area contributed by atoms with Crippen LogP contribution >= 0.6 is 0 Å². The van der Waals surface area contributed by atoms with E-state index in [9.17, 15) is 9.59 Å². The Kier molecular flexibility index (Phi) is 6.21. The number of anilines is 1. The van der Waals surface area contributed by atoms with Crippen molar-refractivity contribution >= 4 is 28.3 Å². The number of aromatic nitrogens is 3. The van der Waals surface area contributed by atoms with Crippen molar-refractivity contribution in [1.29, 1.82) is 0 Å². The summed E-state index contributed by atoms with van der Waals surface area (Å²) in [6.45, 7) is 3.43. The van der Waals surface area contributed by atoms with Gasteiger partial charge in [-0.3, -0.25) is 14.0 Å². The monoisotopic (exact) mass is 471 g/mol. The molecule has 0 radical (unpaired) electrons. The average Bonchev–Trinajstić information content (AvgIpc) is 3.36. The van der Waals surface area contributed by atoms with Gasteiger partial charge in [-0.25, -0.2) is 9.97 Å². The van der Waals surface area contributed by atoms with Gasteiger partial charge in [0, 0.05) is 57.1 Å². The van der Waals surface area contributed by atoms with Crippen LogP contribution in [-0.4, -0.2) is 58.5 Å². The third kappa shape index (κ3) is 4.49. The minimum absolute atomic E-state index is 0.0442. The van der Waals surface area contributed by atoms with Crippen molar-refractivity contribution in [3.8, 4) is 0 Å². The molecule has 3 aromatic heterocycles. The number of fused-ring (bicyclic) bond motifs is 2. The second-order valence-electron chi connectivity index (χ2n) is 9.24. The zero-order chi connectivity index (χ0) is 24.5. The van der Waals surface area contributed by atoms with E-state index in [1.165, 1.54) is 10.6 Å². The number of hydrogen-bond donors (Lipinski definition) is 0. The van der Waals surface area contributed by atoms with Gasteiger partial charge >= 0.3 is 0 Å². The van der Waals surface area contributed by atoms with Crippen molar-refractivity contribution in [1.82, 2.24) is 19.3 Å². The fraction of sp³-hybridized carbons (Fsp3) is 0.333. The van der Waals surface area contributed by atoms with Gasteiger partial charge in [-0.1, -0.05) is 24.3 Å². The van der Waals surface area contributed by atoms with Crippen molar-refractivity contribution in [2.24, 2.45) is 0 Å². The van der Waals surface area contributed by atoms with Gasteiger partial charge in [0.25, 0.3) is 11.5 Å². The summed E-state index contributed by atoms with van der Waals surface area (Å²) >= 11 is 0. The Morgan fingerprint density at radius 3 is 2.83 bits per heavy atom. The smallest absolute Gasteiger partial charge is 0.270 e. The molecule has 1 saturated heterocycles. The maximum Gasteiger partial charge on any atom is 0.270 e. The number of rotatable bonds is 6. The highest BCUT2D eigenvalue weighted by molar-refractivity contribution is 5.94. The number of amides is 1. The van der Waals surface area contributed by atoms with Gasteiger partial charge in [0.05, 0.1) is 11.6 Å². The molecular weight excluding hydrogens is 442 g/mol. The fourth-order valence-electron chi connectivity index (χ4n) is 4.69. The molecule has 35 heavy (non-hydrogen) atoms. The Balaban J connectivity index is 1.57. The van der Waals surface area contributed by atoms with E-state index >= 15 is 0 Å². The quantitative estimate of drug-likeness (QED) is 0.429. The summed E-state index contributed by atoms with van der Waals surface area (Å²) in [6.07, 6.45) is 4.80. The molecule has 1 aromatic carbocycles. The molecule has 0 bridgehead atoms. The average molecular weight is 472 g/mol. The minimum Gasteiger partial charge on any atom is -0.376 e. The summed E-state index contributed by atoms with van der Waals surface area (Å²) in [6, 6.07) is 13.5. The number of aryl methyl sites for hydroxylation is 1. The van der Waals surface area contributed by atoms with Gasteiger partial charge < -0.3 is 14.5 Å². The summed E-state index contributed by atoms with van der Waals surface area (Å²) < 4.78 is 7.26. The predicted molar refractivity (Wildman–Crippen MR) is 136 cm³/mol. The Morgan fingerprint density at radius 2 is 2.06 bits per heavy atom. The van der Waals surface area contributed by atoms with E-state index in [0.29, 0.717) is 25.3 Å². The number of carbonyl (C=O) groups is 1. The van der Waals surface area contributed by atoms with Crippen LogP contribution in [0.2, 0.25) is 0 Å². The van der Waals surface area contributed by atoms with E-state index in [4.69, 9.17) is 9.72 Å². The first kappa shape index (κ1) is 23.0. The third-order valence-electron chi connectivity index (χ3n) is 6.47. The largest absolute Gasteiger partial charge is 0.376 e. The highest BCUT2D eigenvalue weighted by atomic mass is 16.5. The van der Waals surface area contributed by atoms with Gasteiger partial charge in [0.2, 0.25) is 0 Å². The van der Waals surface area contributed by atoms with Crippen LogP contribution in [0.1, 0.15) is 34.3 Å². The zero-order valence-electron chi connectivity index (χ0n) is 20.3. The van der Waals surface area contributed by atoms with Crippen molar-refractivity contribution in [3.63, 3.8) is 0 Å². The van der Waals surface area contributed by atoms with E-state index < -0.39 is 0 Å². The molecule has 1 fully saturated rings. The summed E-state index contributed by atoms with van der Waals surface area (Å²) in [4.78, 5) is 39.9. The van der Waals surface area contributed by atoms with Crippen molar-refractivity contribution in [2.75, 3.05) is 32.1 Å². The third-order valence-corrected chi connectivity index (χ3v) is 6.47. The number of hydrogen-bond acceptors (Lipinski definition) is 6. The summed E-state index contributed by atoms with van der Waals surface area (Å²) in [5.41, 5.74) is 3.12. The predicted octanol–water partition coefficient (Wildman–Crippen LogP) is 3.44. The molecule has 1 amide bonds. The van der Waals surface area contributed by atoms with E-state index in [1.807, 2.05) is 50.2 Å². The van der Waals surface area contributed by atoms with E-state index in [-0.39, 0.29) is 23.1 Å². The van der Waals surface area contributed by atoms with Crippen LogP contribution in [0, 0.1) is 6.92 Å². The first-order valence-corrected chi connectivity index (χ1v) is 11.9. The van der Waals surface area contributed by atoms with Crippen LogP contribution in [0.5, 0.6) is 0 Å². The Morgan fingerprint density at radius 1 is 1.20 bits per heavy atom. The molecule has 1 aliphatic heterocycles. The van der Waals surface area contributed by atoms with Crippen molar-refractivity contribution in [3.05, 3.63) is 81.9 Å². The lowest BCUT2D eigenvalue weighted by molar-refractivity contribution is 0.0505. The molecule has 4 aromatic rings. The number of benzene rings is 1. The fourth-order valence-corrected chi connectivity index (χ4v) is 4.69. The summed E-state index contributed by atoms with van der Waals surface area (Å²) in [5.74, 6) is 0.440. The molecule has 0 saturated carbocycles. The SMILES string of the molecule is Cc1cccc2cc(CN(C[C@H]3CCCO3)C(=O)c3cnc4ccccn4c3=O)c(N(C)C)nc12. The lowest BCUT2D eigenvalue weighted by Crippen LogP contribution is -2.40. The van der Waals surface area contributed by atoms with Gasteiger partial charge in [0.15, 0.2) is 0 Å². The molecule has 0 aliphatic carbocycles. The van der Waals surface area contributed by atoms with Crippen molar-refractivity contribution in [2.45, 2.75) is 32.4 Å². The highest BCUT2D eigenvalue weighted by Gasteiger charge is 2.27. The summed E-state index contributed by atoms with van der Waals surface area (Å²) in [7, 11) is 3.89. The lowest BCUT2D eigenvalue weighted by Gasteiger charge is -2.27. The topological polar surface area (TPSA) is 80.0 Å². The summed E-state index contributed by atoms with van der Waals surface area (Å²) in [5, 5.41) is 1.02. The van der Waals surface area contributed by atoms with Crippen LogP contribution < -0.4 is 10.5 Å². The molecular formula is C27H29N5O3. The van der Waals surface area contributed by atoms with Crippen LogP contribution in [0.4, 0.5) is 5.82 Å². The van der Waals surface area contributed by atoms with Gasteiger partial charge in [0.1, 0.15) is 17.0 Å². The molecule has 8 nitrogen and oxygen atoms in total. The molecule has 1 aliphatic rings. The molecule has 4 heterocycles. The van der Waals surface area contributed by atoms with E-state index in [0.717, 1.165) is 40.7 Å². The first-order chi connectivity index (χ1) is 16.9. The maximum absolute atomic E-state index is 13.8. The number of ether oxygens (including phenoxy) is 1. The zero-order valence-corrected chi connectivity index (χ0v) is 20.3. The van der Waals surface area contributed by atoms with Gasteiger partial charge in [-0.2, -0.15) is 0 Å². The van der Waals surface area contributed by atoms with Gasteiger partial charge in [-0.15, -0.1) is 0 Å². The van der Waals surface area contributed by atoms with Crippen LogP contribution in [0.15, 0.2) is 59.7 Å². The number of carbonyl (C=O) groups excluding carboxylic acids is 1. The molecule has 5 rings (SSSR count). The normalized spacial score (nSPS) is 15.6. The lowest BCUT2D eigenvalue weighted by atomic mass is 10.1. The molecule has 0 spiro atoms. The van der Waals surface area contributed by atoms with Crippen molar-refractivity contribution < 1.29 is 9.53 Å². The maximum atomic E-state index is 13.8. The molecule has 1 atom stereocenters. The van der Waals surface area contributed by atoms with Gasteiger partial charge in [-0.05, 0) is 43.5 Å². The van der Waals surface area contributed by atoms with Crippen LogP contribution in [-0.2, 0) is 11.3 Å². The Bertz CT molecular complexity index is 1460. The highest BCUT2D eigenvalue weighted by Crippen LogP contribution is 2.27. The number of nitrogens with zero attached hydrogens (tertiary/aromatic N) is 5. The van der Waals surface area contributed by atoms with Crippen LogP contribution in [0.25, 0.3) is 16.6 Å². The molecule has 0 unspecified atom stereocenters. The number of pyridine rings is 2. The Hall–Kier alpha value is -3.78. The second-order valence-corrected chi connectivity index (χ2v) is 9.24. The molecule has 0 N–H and O–H groups in total. The standard InChI is InChI=1S/C27H29N5O3/c1-18-8-6-9-19-14-20(25(30(2)3)29-24(18)19)16-31(17-21-10-7-13-35-21)26(33)22-15-28-23-11-4-5-12-32(23)27(22)34/h4-6,8-9,11-12,14-15,21H,7,10,13,16-17H2,1-3H3/t21-/m1/s1. The number of para-hydroxylation sites is 1. The second kappa shape index (κ2) is 9.46.